The molecule has 6 nitrogen and oxygen atoms in total. The van der Waals surface area contributed by atoms with Crippen LogP contribution in [-0.2, 0) is 4.79 Å². The van der Waals surface area contributed by atoms with E-state index < -0.39 is 29.9 Å². The van der Waals surface area contributed by atoms with Crippen LogP contribution < -0.4 is 10.9 Å². The van der Waals surface area contributed by atoms with Gasteiger partial charge in [-0.2, -0.15) is 0 Å². The number of hydrogen-bond donors (Lipinski definition) is 2. The average molecular weight is 265 g/mol. The molecule has 2 aromatic rings. The number of benzene rings is 1. The van der Waals surface area contributed by atoms with Gasteiger partial charge in [-0.05, 0) is 24.3 Å². The van der Waals surface area contributed by atoms with E-state index in [0.717, 1.165) is 18.2 Å². The summed E-state index contributed by atoms with van der Waals surface area (Å²) in [6, 6.07) is 4.65. The van der Waals surface area contributed by atoms with Gasteiger partial charge in [0, 0.05) is 5.39 Å². The summed E-state index contributed by atoms with van der Waals surface area (Å²) in [6.07, 6.45) is 0. The number of carbonyl (C=O) groups excluding carboxylic acids is 1. The van der Waals surface area contributed by atoms with Crippen LogP contribution in [-0.4, -0.2) is 23.5 Å². The van der Waals surface area contributed by atoms with Gasteiger partial charge in [0.05, 0.1) is 0 Å². The van der Waals surface area contributed by atoms with Gasteiger partial charge in [-0.25, -0.2) is 9.18 Å². The molecule has 0 radical (unpaired) electrons. The van der Waals surface area contributed by atoms with E-state index in [-0.39, 0.29) is 16.5 Å². The Morgan fingerprint density at radius 3 is 2.74 bits per heavy atom. The van der Waals surface area contributed by atoms with Crippen molar-refractivity contribution in [3.05, 3.63) is 46.1 Å². The summed E-state index contributed by atoms with van der Waals surface area (Å²) >= 11 is 0. The van der Waals surface area contributed by atoms with E-state index >= 15 is 0 Å². The highest BCUT2D eigenvalue weighted by Gasteiger charge is 2.14. The quantitative estimate of drug-likeness (QED) is 0.798. The molecule has 7 heteroatoms. The average Bonchev–Trinajstić information content (AvgIpc) is 2.35. The van der Waals surface area contributed by atoms with Crippen molar-refractivity contribution in [2.75, 3.05) is 6.54 Å². The van der Waals surface area contributed by atoms with Crippen molar-refractivity contribution >= 4 is 22.8 Å². The van der Waals surface area contributed by atoms with Gasteiger partial charge in [-0.3, -0.25) is 9.59 Å². The normalized spacial score (nSPS) is 10.4. The van der Waals surface area contributed by atoms with Crippen molar-refractivity contribution in [3.8, 4) is 0 Å². The van der Waals surface area contributed by atoms with Crippen LogP contribution in [0.4, 0.5) is 4.39 Å². The van der Waals surface area contributed by atoms with E-state index in [1.807, 2.05) is 5.32 Å². The van der Waals surface area contributed by atoms with Gasteiger partial charge < -0.3 is 14.8 Å². The summed E-state index contributed by atoms with van der Waals surface area (Å²) in [5.74, 6) is -2.68. The number of carboxylic acids is 1. The third kappa shape index (κ3) is 2.76. The van der Waals surface area contributed by atoms with Crippen molar-refractivity contribution in [1.82, 2.24) is 5.32 Å². The zero-order chi connectivity index (χ0) is 14.0. The molecular formula is C12H8FNO5. The molecule has 2 N–H and O–H groups in total. The smallest absolute Gasteiger partial charge is 0.349 e. The number of fused-ring (bicyclic) bond motifs is 1. The molecule has 0 spiro atoms. The molecule has 2 rings (SSSR count). The van der Waals surface area contributed by atoms with Crippen molar-refractivity contribution in [3.63, 3.8) is 0 Å². The monoisotopic (exact) mass is 265 g/mol. The standard InChI is InChI=1S/C12H8FNO5/c13-7-1-2-9-6(3-7)4-8(12(18)19-9)11(17)14-5-10(15)16/h1-4H,5H2,(H,14,17)(H,15,16). The van der Waals surface area contributed by atoms with Crippen LogP contribution in [0.5, 0.6) is 0 Å². The lowest BCUT2D eigenvalue weighted by Gasteiger charge is -2.02. The molecule has 1 amide bonds. The van der Waals surface area contributed by atoms with E-state index in [1.165, 1.54) is 6.07 Å². The summed E-state index contributed by atoms with van der Waals surface area (Å²) < 4.78 is 17.9. The number of aliphatic carboxylic acids is 1. The predicted octanol–water partition coefficient (Wildman–Crippen LogP) is 0.746. The molecule has 0 saturated heterocycles. The van der Waals surface area contributed by atoms with E-state index in [2.05, 4.69) is 0 Å². The highest BCUT2D eigenvalue weighted by atomic mass is 19.1. The van der Waals surface area contributed by atoms with Crippen LogP contribution >= 0.6 is 0 Å². The van der Waals surface area contributed by atoms with Gasteiger partial charge >= 0.3 is 11.6 Å². The lowest BCUT2D eigenvalue weighted by atomic mass is 10.1. The Labute approximate surface area is 105 Å². The van der Waals surface area contributed by atoms with Crippen molar-refractivity contribution in [2.45, 2.75) is 0 Å². The second-order valence-electron chi connectivity index (χ2n) is 3.71. The molecule has 0 saturated carbocycles. The Hall–Kier alpha value is -2.70. The zero-order valence-corrected chi connectivity index (χ0v) is 9.47. The topological polar surface area (TPSA) is 96.6 Å². The molecule has 0 fully saturated rings. The third-order valence-corrected chi connectivity index (χ3v) is 2.34. The van der Waals surface area contributed by atoms with Gasteiger partial charge in [0.15, 0.2) is 0 Å². The lowest BCUT2D eigenvalue weighted by Crippen LogP contribution is -2.32. The fourth-order valence-corrected chi connectivity index (χ4v) is 1.50. The maximum atomic E-state index is 13.0. The Morgan fingerprint density at radius 2 is 2.05 bits per heavy atom. The van der Waals surface area contributed by atoms with Crippen molar-refractivity contribution in [1.29, 1.82) is 0 Å². The first-order chi connectivity index (χ1) is 8.97. The predicted molar refractivity (Wildman–Crippen MR) is 62.4 cm³/mol. The number of nitrogens with one attached hydrogen (secondary N) is 1. The fourth-order valence-electron chi connectivity index (χ4n) is 1.50. The Morgan fingerprint density at radius 1 is 1.32 bits per heavy atom. The third-order valence-electron chi connectivity index (χ3n) is 2.34. The molecule has 98 valence electrons. The maximum absolute atomic E-state index is 13.0. The minimum absolute atomic E-state index is 0.140. The molecule has 19 heavy (non-hydrogen) atoms. The highest BCUT2D eigenvalue weighted by Crippen LogP contribution is 2.14. The maximum Gasteiger partial charge on any atom is 0.349 e. The fraction of sp³-hybridized carbons (Fsp3) is 0.0833. The number of halogens is 1. The van der Waals surface area contributed by atoms with Crippen LogP contribution in [0, 0.1) is 5.82 Å². The molecule has 1 heterocycles. The van der Waals surface area contributed by atoms with Gasteiger partial charge in [0.2, 0.25) is 0 Å². The number of carbonyl (C=O) groups is 2. The largest absolute Gasteiger partial charge is 0.480 e. The van der Waals surface area contributed by atoms with Crippen LogP contribution in [0.2, 0.25) is 0 Å². The van der Waals surface area contributed by atoms with Crippen LogP contribution in [0.1, 0.15) is 10.4 Å². The molecule has 0 bridgehead atoms. The van der Waals surface area contributed by atoms with Gasteiger partial charge in [-0.15, -0.1) is 0 Å². The first kappa shape index (κ1) is 12.7. The van der Waals surface area contributed by atoms with Gasteiger partial charge in [0.1, 0.15) is 23.5 Å². The Bertz CT molecular complexity index is 722. The minimum Gasteiger partial charge on any atom is -0.480 e. The van der Waals surface area contributed by atoms with Crippen molar-refractivity contribution < 1.29 is 23.5 Å². The van der Waals surface area contributed by atoms with Gasteiger partial charge in [-0.1, -0.05) is 0 Å². The van der Waals surface area contributed by atoms with E-state index in [9.17, 15) is 18.8 Å². The van der Waals surface area contributed by atoms with Crippen LogP contribution in [0.15, 0.2) is 33.5 Å². The molecule has 0 aliphatic carbocycles. The van der Waals surface area contributed by atoms with E-state index in [1.54, 1.807) is 0 Å². The lowest BCUT2D eigenvalue weighted by molar-refractivity contribution is -0.135. The summed E-state index contributed by atoms with van der Waals surface area (Å²) in [7, 11) is 0. The second-order valence-corrected chi connectivity index (χ2v) is 3.71. The van der Waals surface area contributed by atoms with Gasteiger partial charge in [0.25, 0.3) is 5.91 Å². The molecule has 0 aliphatic heterocycles. The minimum atomic E-state index is -1.25. The van der Waals surface area contributed by atoms with Crippen LogP contribution in [0.25, 0.3) is 11.0 Å². The first-order valence-electron chi connectivity index (χ1n) is 5.21. The second kappa shape index (κ2) is 4.89. The molecule has 1 aromatic carbocycles. The SMILES string of the molecule is O=C(O)CNC(=O)c1cc2cc(F)ccc2oc1=O. The highest BCUT2D eigenvalue weighted by molar-refractivity contribution is 5.97. The first-order valence-corrected chi connectivity index (χ1v) is 5.21. The Balaban J connectivity index is 2.43. The number of rotatable bonds is 3. The molecule has 0 unspecified atom stereocenters. The number of hydrogen-bond acceptors (Lipinski definition) is 4. The van der Waals surface area contributed by atoms with Crippen LogP contribution in [0.3, 0.4) is 0 Å². The number of amides is 1. The van der Waals surface area contributed by atoms with E-state index in [0.29, 0.717) is 0 Å². The van der Waals surface area contributed by atoms with Crippen molar-refractivity contribution in [2.24, 2.45) is 0 Å². The summed E-state index contributed by atoms with van der Waals surface area (Å²) in [5.41, 5.74) is -1.15. The Kier molecular flexibility index (Phi) is 3.28. The summed E-state index contributed by atoms with van der Waals surface area (Å²) in [4.78, 5) is 33.4. The molecular weight excluding hydrogens is 257 g/mol. The summed E-state index contributed by atoms with van der Waals surface area (Å²) in [5, 5.41) is 10.7. The van der Waals surface area contributed by atoms with E-state index in [4.69, 9.17) is 9.52 Å². The number of carboxylic acid groups (broad SMARTS) is 1. The zero-order valence-electron chi connectivity index (χ0n) is 9.47. The molecule has 0 aliphatic rings. The molecule has 0 atom stereocenters. The molecule has 1 aromatic heterocycles. The summed E-state index contributed by atoms with van der Waals surface area (Å²) in [6.45, 7) is -0.626.